The van der Waals surface area contributed by atoms with Crippen molar-refractivity contribution in [2.24, 2.45) is 0 Å². The molecule has 4 aromatic rings. The van der Waals surface area contributed by atoms with E-state index in [4.69, 9.17) is 9.97 Å². The van der Waals surface area contributed by atoms with Crippen LogP contribution in [0.2, 0.25) is 0 Å². The number of pyridine rings is 3. The lowest BCUT2D eigenvalue weighted by Crippen LogP contribution is -2.41. The van der Waals surface area contributed by atoms with Crippen LogP contribution in [0.1, 0.15) is 43.6 Å². The zero-order valence-electron chi connectivity index (χ0n) is 20.6. The van der Waals surface area contributed by atoms with Crippen LogP contribution in [0.15, 0.2) is 43.0 Å². The van der Waals surface area contributed by atoms with Crippen LogP contribution in [-0.2, 0) is 0 Å². The Morgan fingerprint density at radius 2 is 1.84 bits per heavy atom. The predicted molar refractivity (Wildman–Crippen MR) is 139 cm³/mol. The van der Waals surface area contributed by atoms with Crippen LogP contribution in [0.25, 0.3) is 22.3 Å². The molecule has 0 unspecified atom stereocenters. The zero-order chi connectivity index (χ0) is 25.4. The second kappa shape index (κ2) is 9.93. The quantitative estimate of drug-likeness (QED) is 0.382. The van der Waals surface area contributed by atoms with Gasteiger partial charge >= 0.3 is 0 Å². The Balaban J connectivity index is 1.43. The molecule has 2 aliphatic rings. The maximum absolute atomic E-state index is 14.2. The number of rotatable bonds is 6. The SMILES string of the molecule is CN(c1nc(-c2ccnc(Nc3ncc(F)cc3F)c2)nc2cncc(C3CCC3)c12)C1CCNCC1. The second-order valence-electron chi connectivity index (χ2n) is 9.75. The van der Waals surface area contributed by atoms with E-state index in [2.05, 4.69) is 37.5 Å². The highest BCUT2D eigenvalue weighted by atomic mass is 19.1. The van der Waals surface area contributed by atoms with E-state index in [1.54, 1.807) is 18.5 Å². The number of nitrogens with zero attached hydrogens (tertiary/aromatic N) is 6. The fourth-order valence-electron chi connectivity index (χ4n) is 5.13. The minimum atomic E-state index is -0.797. The highest BCUT2D eigenvalue weighted by Gasteiger charge is 2.28. The number of hydrogen-bond donors (Lipinski definition) is 2. The molecule has 0 amide bonds. The zero-order valence-corrected chi connectivity index (χ0v) is 20.6. The molecular formula is C27H28F2N8. The molecule has 190 valence electrons. The summed E-state index contributed by atoms with van der Waals surface area (Å²) >= 11 is 0. The molecule has 0 bridgehead atoms. The molecule has 4 aromatic heterocycles. The number of piperidine rings is 1. The molecule has 2 fully saturated rings. The minimum absolute atomic E-state index is 0.105. The number of hydrogen-bond acceptors (Lipinski definition) is 8. The number of aromatic nitrogens is 5. The maximum atomic E-state index is 14.2. The van der Waals surface area contributed by atoms with Gasteiger partial charge in [-0.25, -0.2) is 28.7 Å². The molecule has 0 radical (unpaired) electrons. The van der Waals surface area contributed by atoms with Crippen LogP contribution in [0, 0.1) is 11.6 Å². The molecule has 1 saturated carbocycles. The molecule has 0 atom stereocenters. The third kappa shape index (κ3) is 4.69. The van der Waals surface area contributed by atoms with E-state index < -0.39 is 11.6 Å². The molecular weight excluding hydrogens is 474 g/mol. The standard InChI is InChI=1S/C27H28F2N8/c1-37(19-6-8-30-9-7-19)27-24-20(16-3-2-4-16)14-31-15-22(24)34-25(36-27)17-5-10-32-23(11-17)35-26-21(29)12-18(28)13-33-26/h5,10-16,19,30H,2-4,6-9H2,1H3,(H,32,33,35). The lowest BCUT2D eigenvalue weighted by Gasteiger charge is -2.34. The van der Waals surface area contributed by atoms with Gasteiger partial charge in [0.05, 0.1) is 17.9 Å². The van der Waals surface area contributed by atoms with E-state index >= 15 is 0 Å². The van der Waals surface area contributed by atoms with Crippen molar-refractivity contribution in [2.75, 3.05) is 30.4 Å². The first kappa shape index (κ1) is 23.6. The summed E-state index contributed by atoms with van der Waals surface area (Å²) in [4.78, 5) is 24.9. The van der Waals surface area contributed by atoms with Gasteiger partial charge < -0.3 is 15.5 Å². The van der Waals surface area contributed by atoms with Crippen molar-refractivity contribution >= 4 is 28.4 Å². The summed E-state index contributed by atoms with van der Waals surface area (Å²) < 4.78 is 27.4. The monoisotopic (exact) mass is 502 g/mol. The van der Waals surface area contributed by atoms with Gasteiger partial charge in [0.25, 0.3) is 0 Å². The number of fused-ring (bicyclic) bond motifs is 1. The van der Waals surface area contributed by atoms with Gasteiger partial charge in [0.1, 0.15) is 17.5 Å². The van der Waals surface area contributed by atoms with Crippen molar-refractivity contribution < 1.29 is 8.78 Å². The van der Waals surface area contributed by atoms with Gasteiger partial charge in [0.2, 0.25) is 0 Å². The molecule has 0 aromatic carbocycles. The molecule has 0 spiro atoms. The summed E-state index contributed by atoms with van der Waals surface area (Å²) in [6.45, 7) is 1.96. The van der Waals surface area contributed by atoms with Crippen molar-refractivity contribution in [2.45, 2.75) is 44.1 Å². The molecule has 2 N–H and O–H groups in total. The van der Waals surface area contributed by atoms with Crippen molar-refractivity contribution in [1.82, 2.24) is 30.2 Å². The van der Waals surface area contributed by atoms with Crippen LogP contribution in [0.5, 0.6) is 0 Å². The Kier molecular flexibility index (Phi) is 6.33. The van der Waals surface area contributed by atoms with Crippen LogP contribution < -0.4 is 15.5 Å². The molecule has 1 saturated heterocycles. The summed E-state index contributed by atoms with van der Waals surface area (Å²) in [6.07, 6.45) is 12.0. The number of halogens is 2. The van der Waals surface area contributed by atoms with E-state index in [1.807, 2.05) is 12.3 Å². The predicted octanol–water partition coefficient (Wildman–Crippen LogP) is 4.96. The van der Waals surface area contributed by atoms with Crippen molar-refractivity contribution in [1.29, 1.82) is 0 Å². The molecule has 5 heterocycles. The molecule has 37 heavy (non-hydrogen) atoms. The highest BCUT2D eigenvalue weighted by Crippen LogP contribution is 2.42. The average Bonchev–Trinajstić information content (AvgIpc) is 2.89. The van der Waals surface area contributed by atoms with Gasteiger partial charge in [0, 0.05) is 42.5 Å². The maximum Gasteiger partial charge on any atom is 0.168 e. The first-order chi connectivity index (χ1) is 18.1. The Labute approximate surface area is 213 Å². The Morgan fingerprint density at radius 3 is 2.59 bits per heavy atom. The summed E-state index contributed by atoms with van der Waals surface area (Å²) in [5, 5.41) is 7.34. The van der Waals surface area contributed by atoms with Gasteiger partial charge in [-0.3, -0.25) is 4.98 Å². The smallest absolute Gasteiger partial charge is 0.168 e. The third-order valence-corrected chi connectivity index (χ3v) is 7.42. The fraction of sp³-hybridized carbons (Fsp3) is 0.370. The van der Waals surface area contributed by atoms with Crippen LogP contribution in [0.4, 0.5) is 26.2 Å². The van der Waals surface area contributed by atoms with Crippen LogP contribution in [-0.4, -0.2) is 51.1 Å². The summed E-state index contributed by atoms with van der Waals surface area (Å²) in [5.41, 5.74) is 2.75. The van der Waals surface area contributed by atoms with E-state index in [0.29, 0.717) is 23.6 Å². The van der Waals surface area contributed by atoms with E-state index in [-0.39, 0.29) is 5.82 Å². The lowest BCUT2D eigenvalue weighted by molar-refractivity contribution is 0.421. The summed E-state index contributed by atoms with van der Waals surface area (Å²) in [6, 6.07) is 4.71. The fourth-order valence-corrected chi connectivity index (χ4v) is 5.13. The van der Waals surface area contributed by atoms with Crippen molar-refractivity contribution in [3.8, 4) is 11.4 Å². The first-order valence-electron chi connectivity index (χ1n) is 12.7. The van der Waals surface area contributed by atoms with Crippen molar-refractivity contribution in [3.63, 3.8) is 0 Å². The Hall–Kier alpha value is -3.79. The largest absolute Gasteiger partial charge is 0.356 e. The molecule has 8 nitrogen and oxygen atoms in total. The van der Waals surface area contributed by atoms with E-state index in [9.17, 15) is 8.78 Å². The molecule has 1 aliphatic carbocycles. The second-order valence-corrected chi connectivity index (χ2v) is 9.75. The van der Waals surface area contributed by atoms with Crippen LogP contribution >= 0.6 is 0 Å². The van der Waals surface area contributed by atoms with Crippen molar-refractivity contribution in [3.05, 3.63) is 60.2 Å². The van der Waals surface area contributed by atoms with E-state index in [0.717, 1.165) is 73.3 Å². The summed E-state index contributed by atoms with van der Waals surface area (Å²) in [7, 11) is 2.12. The normalized spacial score (nSPS) is 16.5. The lowest BCUT2D eigenvalue weighted by atomic mass is 9.79. The van der Waals surface area contributed by atoms with Gasteiger partial charge in [-0.05, 0) is 62.4 Å². The molecule has 1 aliphatic heterocycles. The van der Waals surface area contributed by atoms with Gasteiger partial charge in [-0.1, -0.05) is 6.42 Å². The molecule has 10 heteroatoms. The topological polar surface area (TPSA) is 91.8 Å². The Bertz CT molecular complexity index is 1440. The Morgan fingerprint density at radius 1 is 1.00 bits per heavy atom. The van der Waals surface area contributed by atoms with E-state index in [1.165, 1.54) is 12.0 Å². The first-order valence-corrected chi connectivity index (χ1v) is 12.7. The average molecular weight is 503 g/mol. The number of anilines is 3. The van der Waals surface area contributed by atoms with Gasteiger partial charge in [0.15, 0.2) is 17.5 Å². The highest BCUT2D eigenvalue weighted by molar-refractivity contribution is 5.94. The van der Waals surface area contributed by atoms with Gasteiger partial charge in [-0.2, -0.15) is 0 Å². The third-order valence-electron chi connectivity index (χ3n) is 7.42. The molecule has 6 rings (SSSR count). The van der Waals surface area contributed by atoms with Gasteiger partial charge in [-0.15, -0.1) is 0 Å². The minimum Gasteiger partial charge on any atom is -0.356 e. The summed E-state index contributed by atoms with van der Waals surface area (Å²) in [5.74, 6) is 0.646. The number of nitrogens with one attached hydrogen (secondary N) is 2. The van der Waals surface area contributed by atoms with Crippen LogP contribution in [0.3, 0.4) is 0 Å².